The zero-order chi connectivity index (χ0) is 13.7. The van der Waals surface area contributed by atoms with Crippen LogP contribution in [0.4, 0.5) is 0 Å². The van der Waals surface area contributed by atoms with E-state index in [0.717, 1.165) is 29.0 Å². The Balaban J connectivity index is 2.18. The Morgan fingerprint density at radius 1 is 1.11 bits per heavy atom. The number of carbonyl (C=O) groups is 1. The van der Waals surface area contributed by atoms with Crippen molar-refractivity contribution in [1.82, 2.24) is 0 Å². The van der Waals surface area contributed by atoms with Crippen molar-refractivity contribution in [3.8, 4) is 11.5 Å². The summed E-state index contributed by atoms with van der Waals surface area (Å²) in [5.74, 6) is 1.79. The quantitative estimate of drug-likeness (QED) is 0.718. The smallest absolute Gasteiger partial charge is 0.162 e. The van der Waals surface area contributed by atoms with Crippen LogP contribution in [0.1, 0.15) is 35.7 Å². The SMILES string of the molecule is CCCC(=O)c1ccc(Oc2ccccc2)c(C)c1. The number of carbonyl (C=O) groups excluding carboxylic acids is 1. The molecule has 0 aliphatic rings. The summed E-state index contributed by atoms with van der Waals surface area (Å²) in [4.78, 5) is 11.8. The third-order valence-corrected chi connectivity index (χ3v) is 2.94. The number of aryl methyl sites for hydroxylation is 1. The lowest BCUT2D eigenvalue weighted by molar-refractivity contribution is 0.0981. The molecule has 0 bridgehead atoms. The van der Waals surface area contributed by atoms with Crippen LogP contribution < -0.4 is 4.74 Å². The lowest BCUT2D eigenvalue weighted by Gasteiger charge is -2.09. The average Bonchev–Trinajstić information content (AvgIpc) is 2.42. The van der Waals surface area contributed by atoms with E-state index in [1.807, 2.05) is 62.4 Å². The fourth-order valence-corrected chi connectivity index (χ4v) is 1.92. The maximum atomic E-state index is 11.8. The monoisotopic (exact) mass is 254 g/mol. The molecule has 0 aromatic heterocycles. The molecule has 0 spiro atoms. The molecular weight excluding hydrogens is 236 g/mol. The number of hydrogen-bond acceptors (Lipinski definition) is 2. The van der Waals surface area contributed by atoms with Crippen molar-refractivity contribution < 1.29 is 9.53 Å². The lowest BCUT2D eigenvalue weighted by atomic mass is 10.0. The third kappa shape index (κ3) is 3.44. The number of para-hydroxylation sites is 1. The summed E-state index contributed by atoms with van der Waals surface area (Å²) in [7, 11) is 0. The summed E-state index contributed by atoms with van der Waals surface area (Å²) in [5.41, 5.74) is 1.74. The Bertz CT molecular complexity index is 559. The molecule has 0 radical (unpaired) electrons. The predicted molar refractivity (Wildman–Crippen MR) is 76.9 cm³/mol. The van der Waals surface area contributed by atoms with Gasteiger partial charge in [0.15, 0.2) is 5.78 Å². The van der Waals surface area contributed by atoms with E-state index in [9.17, 15) is 4.79 Å². The average molecular weight is 254 g/mol. The number of benzene rings is 2. The van der Waals surface area contributed by atoms with E-state index in [0.29, 0.717) is 6.42 Å². The summed E-state index contributed by atoms with van der Waals surface area (Å²) < 4.78 is 5.79. The molecular formula is C17H18O2. The lowest BCUT2D eigenvalue weighted by Crippen LogP contribution is -1.99. The normalized spacial score (nSPS) is 10.2. The van der Waals surface area contributed by atoms with Crippen molar-refractivity contribution in [2.75, 3.05) is 0 Å². The highest BCUT2D eigenvalue weighted by Gasteiger charge is 2.08. The second-order valence-corrected chi connectivity index (χ2v) is 4.57. The van der Waals surface area contributed by atoms with E-state index in [-0.39, 0.29) is 5.78 Å². The van der Waals surface area contributed by atoms with Crippen LogP contribution in [-0.4, -0.2) is 5.78 Å². The van der Waals surface area contributed by atoms with Gasteiger partial charge in [0.2, 0.25) is 0 Å². The van der Waals surface area contributed by atoms with Gasteiger partial charge in [0.05, 0.1) is 0 Å². The Morgan fingerprint density at radius 3 is 2.47 bits per heavy atom. The van der Waals surface area contributed by atoms with E-state index in [2.05, 4.69) is 0 Å². The number of rotatable bonds is 5. The molecule has 0 unspecified atom stereocenters. The highest BCUT2D eigenvalue weighted by Crippen LogP contribution is 2.25. The number of hydrogen-bond donors (Lipinski definition) is 0. The molecule has 0 fully saturated rings. The van der Waals surface area contributed by atoms with Gasteiger partial charge in [-0.3, -0.25) is 4.79 Å². The molecule has 2 aromatic carbocycles. The molecule has 0 saturated heterocycles. The van der Waals surface area contributed by atoms with Crippen LogP contribution in [0.15, 0.2) is 48.5 Å². The molecule has 2 nitrogen and oxygen atoms in total. The van der Waals surface area contributed by atoms with Crippen LogP contribution in [0.2, 0.25) is 0 Å². The maximum absolute atomic E-state index is 11.8. The highest BCUT2D eigenvalue weighted by atomic mass is 16.5. The Hall–Kier alpha value is -2.09. The van der Waals surface area contributed by atoms with E-state index >= 15 is 0 Å². The van der Waals surface area contributed by atoms with Crippen molar-refractivity contribution in [1.29, 1.82) is 0 Å². The highest BCUT2D eigenvalue weighted by molar-refractivity contribution is 5.96. The Labute approximate surface area is 114 Å². The van der Waals surface area contributed by atoms with Gasteiger partial charge in [-0.25, -0.2) is 0 Å². The summed E-state index contributed by atoms with van der Waals surface area (Å²) in [6.45, 7) is 3.97. The van der Waals surface area contributed by atoms with E-state index in [1.54, 1.807) is 0 Å². The minimum absolute atomic E-state index is 0.192. The van der Waals surface area contributed by atoms with Gasteiger partial charge in [-0.1, -0.05) is 25.1 Å². The summed E-state index contributed by atoms with van der Waals surface area (Å²) in [6, 6.07) is 15.2. The number of Topliss-reactive ketones (excluding diaryl/α,β-unsaturated/α-hetero) is 1. The van der Waals surface area contributed by atoms with Crippen molar-refractivity contribution in [3.05, 3.63) is 59.7 Å². The summed E-state index contributed by atoms with van der Waals surface area (Å²) in [5, 5.41) is 0. The van der Waals surface area contributed by atoms with Crippen LogP contribution in [0, 0.1) is 6.92 Å². The first-order valence-corrected chi connectivity index (χ1v) is 6.57. The molecule has 0 aliphatic carbocycles. The summed E-state index contributed by atoms with van der Waals surface area (Å²) >= 11 is 0. The molecule has 0 N–H and O–H groups in total. The number of ether oxygens (including phenoxy) is 1. The van der Waals surface area contributed by atoms with Crippen molar-refractivity contribution in [2.45, 2.75) is 26.7 Å². The Morgan fingerprint density at radius 2 is 1.84 bits per heavy atom. The van der Waals surface area contributed by atoms with Crippen LogP contribution in [0.25, 0.3) is 0 Å². The van der Waals surface area contributed by atoms with Gasteiger partial charge < -0.3 is 4.74 Å². The van der Waals surface area contributed by atoms with Gasteiger partial charge in [0.25, 0.3) is 0 Å². The molecule has 0 amide bonds. The third-order valence-electron chi connectivity index (χ3n) is 2.94. The van der Waals surface area contributed by atoms with Gasteiger partial charge >= 0.3 is 0 Å². The second kappa shape index (κ2) is 6.19. The molecule has 2 heteroatoms. The molecule has 2 rings (SSSR count). The first kappa shape index (κ1) is 13.3. The van der Waals surface area contributed by atoms with Gasteiger partial charge in [0.1, 0.15) is 11.5 Å². The van der Waals surface area contributed by atoms with Gasteiger partial charge in [-0.05, 0) is 49.2 Å². The first-order valence-electron chi connectivity index (χ1n) is 6.57. The first-order chi connectivity index (χ1) is 9.20. The van der Waals surface area contributed by atoms with Gasteiger partial charge in [0, 0.05) is 12.0 Å². The van der Waals surface area contributed by atoms with Crippen LogP contribution >= 0.6 is 0 Å². The molecule has 2 aromatic rings. The molecule has 98 valence electrons. The maximum Gasteiger partial charge on any atom is 0.162 e. The molecule has 0 saturated carbocycles. The van der Waals surface area contributed by atoms with Crippen molar-refractivity contribution in [3.63, 3.8) is 0 Å². The molecule has 0 aliphatic heterocycles. The molecule has 0 atom stereocenters. The second-order valence-electron chi connectivity index (χ2n) is 4.57. The Kier molecular flexibility index (Phi) is 4.35. The predicted octanol–water partition coefficient (Wildman–Crippen LogP) is 4.77. The van der Waals surface area contributed by atoms with Crippen molar-refractivity contribution in [2.24, 2.45) is 0 Å². The summed E-state index contributed by atoms with van der Waals surface area (Å²) in [6.07, 6.45) is 1.47. The van der Waals surface area contributed by atoms with Crippen LogP contribution in [-0.2, 0) is 0 Å². The minimum atomic E-state index is 0.192. The molecule has 19 heavy (non-hydrogen) atoms. The molecule has 0 heterocycles. The topological polar surface area (TPSA) is 26.3 Å². The number of ketones is 1. The van der Waals surface area contributed by atoms with Gasteiger partial charge in [-0.15, -0.1) is 0 Å². The fraction of sp³-hybridized carbons (Fsp3) is 0.235. The fourth-order valence-electron chi connectivity index (χ4n) is 1.92. The van der Waals surface area contributed by atoms with E-state index in [4.69, 9.17) is 4.74 Å². The zero-order valence-corrected chi connectivity index (χ0v) is 11.3. The van der Waals surface area contributed by atoms with Gasteiger partial charge in [-0.2, -0.15) is 0 Å². The van der Waals surface area contributed by atoms with Crippen LogP contribution in [0.3, 0.4) is 0 Å². The minimum Gasteiger partial charge on any atom is -0.457 e. The standard InChI is InChI=1S/C17H18O2/c1-3-7-16(18)14-10-11-17(13(2)12-14)19-15-8-5-4-6-9-15/h4-6,8-12H,3,7H2,1-2H3. The van der Waals surface area contributed by atoms with E-state index < -0.39 is 0 Å². The van der Waals surface area contributed by atoms with E-state index in [1.165, 1.54) is 0 Å². The zero-order valence-electron chi connectivity index (χ0n) is 11.3. The largest absolute Gasteiger partial charge is 0.457 e. The van der Waals surface area contributed by atoms with Crippen LogP contribution in [0.5, 0.6) is 11.5 Å². The van der Waals surface area contributed by atoms with Crippen molar-refractivity contribution >= 4 is 5.78 Å².